The largest absolute Gasteiger partial charge is 0.462 e. The number of hydrogen-bond donors (Lipinski definition) is 2. The van der Waals surface area contributed by atoms with Crippen molar-refractivity contribution in [3.05, 3.63) is 11.6 Å². The summed E-state index contributed by atoms with van der Waals surface area (Å²) in [5, 5.41) is 17.2. The van der Waals surface area contributed by atoms with Gasteiger partial charge in [-0.15, -0.1) is 0 Å². The summed E-state index contributed by atoms with van der Waals surface area (Å²) in [5.74, 6) is -1.16. The minimum atomic E-state index is -0.608. The summed E-state index contributed by atoms with van der Waals surface area (Å²) in [6, 6.07) is 0. The molecule has 0 radical (unpaired) electrons. The predicted molar refractivity (Wildman–Crippen MR) is 72.9 cm³/mol. The summed E-state index contributed by atoms with van der Waals surface area (Å²) in [6.07, 6.45) is 3.99. The number of hydrogen-bond acceptors (Lipinski definition) is 6. The first-order chi connectivity index (χ1) is 9.65. The number of ether oxygens (including phenoxy) is 2. The molecule has 0 aliphatic rings. The van der Waals surface area contributed by atoms with E-state index in [1.165, 1.54) is 0 Å². The summed E-state index contributed by atoms with van der Waals surface area (Å²) >= 11 is 0. The van der Waals surface area contributed by atoms with Gasteiger partial charge in [0, 0.05) is 37.7 Å². The molecule has 0 rings (SSSR count). The van der Waals surface area contributed by atoms with Gasteiger partial charge >= 0.3 is 11.9 Å². The lowest BCUT2D eigenvalue weighted by Crippen LogP contribution is -2.13. The zero-order chi connectivity index (χ0) is 15.2. The summed E-state index contributed by atoms with van der Waals surface area (Å²) in [4.78, 5) is 23.3. The lowest BCUT2D eigenvalue weighted by Gasteiger charge is -2.08. The molecular formula is C14H24O6. The molecule has 0 saturated carbocycles. The lowest BCUT2D eigenvalue weighted by atomic mass is 10.1. The minimum absolute atomic E-state index is 0.0511. The zero-order valence-electron chi connectivity index (χ0n) is 12.0. The van der Waals surface area contributed by atoms with Crippen molar-refractivity contribution in [1.82, 2.24) is 0 Å². The molecule has 6 nitrogen and oxygen atoms in total. The lowest BCUT2D eigenvalue weighted by molar-refractivity contribution is -0.141. The van der Waals surface area contributed by atoms with E-state index in [1.807, 2.05) is 6.92 Å². The third-order valence-electron chi connectivity index (χ3n) is 2.44. The number of carbonyl (C=O) groups excluding carboxylic acids is 2. The van der Waals surface area contributed by atoms with Crippen LogP contribution in [-0.2, 0) is 19.1 Å². The van der Waals surface area contributed by atoms with Crippen LogP contribution < -0.4 is 0 Å². The van der Waals surface area contributed by atoms with E-state index in [-0.39, 0.29) is 32.0 Å². The van der Waals surface area contributed by atoms with Crippen molar-refractivity contribution in [2.45, 2.75) is 39.0 Å². The predicted octanol–water partition coefficient (Wildman–Crippen LogP) is 0.954. The van der Waals surface area contributed by atoms with Crippen molar-refractivity contribution in [3.8, 4) is 0 Å². The average Bonchev–Trinajstić information content (AvgIpc) is 2.43. The van der Waals surface area contributed by atoms with Gasteiger partial charge in [-0.05, 0) is 12.8 Å². The van der Waals surface area contributed by atoms with Crippen molar-refractivity contribution >= 4 is 11.9 Å². The van der Waals surface area contributed by atoms with Crippen LogP contribution in [0.25, 0.3) is 0 Å². The number of esters is 2. The summed E-state index contributed by atoms with van der Waals surface area (Å²) < 4.78 is 9.80. The van der Waals surface area contributed by atoms with Crippen LogP contribution in [0.15, 0.2) is 11.6 Å². The second-order valence-electron chi connectivity index (χ2n) is 4.23. The topological polar surface area (TPSA) is 93.1 Å². The standard InChI is InChI=1S/C14H24O6/c1-2-3-6-12(14(18)20-10-5-8-16)11-13(17)19-9-4-7-15/h11,15-16H,2-10H2,1H3/b12-11+. The molecule has 0 aromatic carbocycles. The van der Waals surface area contributed by atoms with Crippen LogP contribution in [0.3, 0.4) is 0 Å². The average molecular weight is 288 g/mol. The molecule has 0 aliphatic heterocycles. The molecule has 0 amide bonds. The van der Waals surface area contributed by atoms with Crippen LogP contribution in [0, 0.1) is 0 Å². The molecule has 0 saturated heterocycles. The molecule has 20 heavy (non-hydrogen) atoms. The van der Waals surface area contributed by atoms with Gasteiger partial charge in [-0.2, -0.15) is 0 Å². The maximum Gasteiger partial charge on any atom is 0.334 e. The van der Waals surface area contributed by atoms with E-state index in [0.29, 0.717) is 19.3 Å². The van der Waals surface area contributed by atoms with E-state index in [2.05, 4.69) is 0 Å². The Balaban J connectivity index is 4.43. The molecule has 0 unspecified atom stereocenters. The first-order valence-corrected chi connectivity index (χ1v) is 6.91. The Morgan fingerprint density at radius 1 is 1.00 bits per heavy atom. The quantitative estimate of drug-likeness (QED) is 0.334. The van der Waals surface area contributed by atoms with Gasteiger partial charge < -0.3 is 19.7 Å². The Kier molecular flexibility index (Phi) is 11.7. The molecule has 6 heteroatoms. The van der Waals surface area contributed by atoms with Crippen molar-refractivity contribution in [3.63, 3.8) is 0 Å². The van der Waals surface area contributed by atoms with Gasteiger partial charge in [-0.1, -0.05) is 13.3 Å². The van der Waals surface area contributed by atoms with Crippen LogP contribution in [-0.4, -0.2) is 48.6 Å². The molecule has 0 aromatic heterocycles. The Morgan fingerprint density at radius 3 is 2.15 bits per heavy atom. The molecule has 0 bridgehead atoms. The fraction of sp³-hybridized carbons (Fsp3) is 0.714. The molecule has 0 spiro atoms. The second kappa shape index (κ2) is 12.6. The van der Waals surface area contributed by atoms with Gasteiger partial charge in [-0.3, -0.25) is 0 Å². The van der Waals surface area contributed by atoms with E-state index < -0.39 is 11.9 Å². The molecule has 0 aromatic rings. The first-order valence-electron chi connectivity index (χ1n) is 6.91. The highest BCUT2D eigenvalue weighted by Crippen LogP contribution is 2.10. The molecule has 0 aliphatic carbocycles. The monoisotopic (exact) mass is 288 g/mol. The number of aliphatic hydroxyl groups excluding tert-OH is 2. The second-order valence-corrected chi connectivity index (χ2v) is 4.23. The first kappa shape index (κ1) is 18.6. The third-order valence-corrected chi connectivity index (χ3v) is 2.44. The number of aliphatic hydroxyl groups is 2. The fourth-order valence-electron chi connectivity index (χ4n) is 1.34. The van der Waals surface area contributed by atoms with Crippen molar-refractivity contribution < 1.29 is 29.3 Å². The van der Waals surface area contributed by atoms with E-state index in [0.717, 1.165) is 18.9 Å². The highest BCUT2D eigenvalue weighted by Gasteiger charge is 2.13. The van der Waals surface area contributed by atoms with Crippen molar-refractivity contribution in [1.29, 1.82) is 0 Å². The molecule has 2 N–H and O–H groups in total. The van der Waals surface area contributed by atoms with Crippen molar-refractivity contribution in [2.24, 2.45) is 0 Å². The van der Waals surface area contributed by atoms with Gasteiger partial charge in [0.05, 0.1) is 13.2 Å². The third kappa shape index (κ3) is 9.52. The normalized spacial score (nSPS) is 11.2. The number of rotatable bonds is 11. The smallest absolute Gasteiger partial charge is 0.334 e. The summed E-state index contributed by atoms with van der Waals surface area (Å²) in [6.45, 7) is 2.12. The van der Waals surface area contributed by atoms with E-state index in [4.69, 9.17) is 19.7 Å². The highest BCUT2D eigenvalue weighted by atomic mass is 16.5. The van der Waals surface area contributed by atoms with E-state index in [9.17, 15) is 9.59 Å². The fourth-order valence-corrected chi connectivity index (χ4v) is 1.34. The van der Waals surface area contributed by atoms with Gasteiger partial charge in [0.15, 0.2) is 0 Å². The summed E-state index contributed by atoms with van der Waals surface area (Å²) in [7, 11) is 0. The Labute approximate surface area is 119 Å². The highest BCUT2D eigenvalue weighted by molar-refractivity contribution is 5.96. The van der Waals surface area contributed by atoms with E-state index in [1.54, 1.807) is 0 Å². The van der Waals surface area contributed by atoms with Gasteiger partial charge in [0.25, 0.3) is 0 Å². The van der Waals surface area contributed by atoms with Crippen LogP contribution in [0.4, 0.5) is 0 Å². The zero-order valence-corrected chi connectivity index (χ0v) is 12.0. The van der Waals surface area contributed by atoms with Crippen LogP contribution >= 0.6 is 0 Å². The molecular weight excluding hydrogens is 264 g/mol. The maximum absolute atomic E-state index is 11.8. The summed E-state index contributed by atoms with van der Waals surface area (Å²) in [5.41, 5.74) is 0.277. The minimum Gasteiger partial charge on any atom is -0.462 e. The van der Waals surface area contributed by atoms with Crippen molar-refractivity contribution in [2.75, 3.05) is 26.4 Å². The molecule has 116 valence electrons. The molecule has 0 heterocycles. The SMILES string of the molecule is CCCC/C(=C\C(=O)OCCCO)C(=O)OCCCO. The molecule has 0 atom stereocenters. The van der Waals surface area contributed by atoms with Crippen LogP contribution in [0.2, 0.25) is 0 Å². The Morgan fingerprint density at radius 2 is 1.60 bits per heavy atom. The maximum atomic E-state index is 11.8. The number of unbranched alkanes of at least 4 members (excludes halogenated alkanes) is 1. The van der Waals surface area contributed by atoms with Gasteiger partial charge in [0.2, 0.25) is 0 Å². The van der Waals surface area contributed by atoms with Gasteiger partial charge in [0.1, 0.15) is 0 Å². The number of carbonyl (C=O) groups is 2. The Hall–Kier alpha value is -1.40. The van der Waals surface area contributed by atoms with Gasteiger partial charge in [-0.25, -0.2) is 9.59 Å². The van der Waals surface area contributed by atoms with Crippen LogP contribution in [0.1, 0.15) is 39.0 Å². The van der Waals surface area contributed by atoms with E-state index >= 15 is 0 Å². The Bertz CT molecular complexity index is 311. The molecule has 0 fully saturated rings. The van der Waals surface area contributed by atoms with Crippen LogP contribution in [0.5, 0.6) is 0 Å².